The normalized spacial score (nSPS) is 23.3. The topological polar surface area (TPSA) is 60.2 Å². The van der Waals surface area contributed by atoms with Crippen molar-refractivity contribution in [2.45, 2.75) is 51.3 Å². The highest BCUT2D eigenvalue weighted by atomic mass is 16.5. The van der Waals surface area contributed by atoms with Gasteiger partial charge in [-0.25, -0.2) is 4.98 Å². The molecule has 2 atom stereocenters. The van der Waals surface area contributed by atoms with Crippen LogP contribution in [0.15, 0.2) is 35.4 Å². The Labute approximate surface area is 147 Å². The van der Waals surface area contributed by atoms with Gasteiger partial charge in [-0.05, 0) is 31.9 Å². The predicted molar refractivity (Wildman–Crippen MR) is 96.7 cm³/mol. The zero-order valence-corrected chi connectivity index (χ0v) is 14.6. The summed E-state index contributed by atoms with van der Waals surface area (Å²) < 4.78 is 7.77. The standard InChI is InChI=1S/C19H24N4O2/c1-2-22-18(24)13-15(14-7-9-20-10-8-14)21-19(22)23-11-12-25-17-6-4-3-5-16(17)23/h7-10,13,16-17H,2-6,11-12H2,1H3/t16-,17-/m0/s1. The van der Waals surface area contributed by atoms with Crippen molar-refractivity contribution in [3.05, 3.63) is 40.9 Å². The van der Waals surface area contributed by atoms with Gasteiger partial charge >= 0.3 is 0 Å². The second kappa shape index (κ2) is 6.96. The summed E-state index contributed by atoms with van der Waals surface area (Å²) in [5, 5.41) is 0. The molecule has 1 saturated heterocycles. The van der Waals surface area contributed by atoms with Gasteiger partial charge < -0.3 is 9.64 Å². The Morgan fingerprint density at radius 2 is 2.04 bits per heavy atom. The maximum Gasteiger partial charge on any atom is 0.255 e. The third-order valence-electron chi connectivity index (χ3n) is 5.27. The first-order valence-corrected chi connectivity index (χ1v) is 9.18. The number of morpholine rings is 1. The van der Waals surface area contributed by atoms with Gasteiger partial charge in [0.25, 0.3) is 5.56 Å². The van der Waals surface area contributed by atoms with Crippen molar-refractivity contribution in [3.8, 4) is 11.3 Å². The van der Waals surface area contributed by atoms with E-state index >= 15 is 0 Å². The quantitative estimate of drug-likeness (QED) is 0.859. The van der Waals surface area contributed by atoms with Crippen LogP contribution < -0.4 is 10.5 Å². The number of rotatable bonds is 3. The molecule has 0 N–H and O–H groups in total. The highest BCUT2D eigenvalue weighted by Crippen LogP contribution is 2.31. The molecule has 25 heavy (non-hydrogen) atoms. The van der Waals surface area contributed by atoms with Crippen LogP contribution in [0.2, 0.25) is 0 Å². The third-order valence-corrected chi connectivity index (χ3v) is 5.27. The van der Waals surface area contributed by atoms with E-state index in [1.54, 1.807) is 23.0 Å². The van der Waals surface area contributed by atoms with Gasteiger partial charge in [0.2, 0.25) is 5.95 Å². The van der Waals surface area contributed by atoms with Gasteiger partial charge in [-0.2, -0.15) is 0 Å². The Morgan fingerprint density at radius 3 is 2.84 bits per heavy atom. The molecule has 0 amide bonds. The lowest BCUT2D eigenvalue weighted by molar-refractivity contribution is -0.00964. The molecule has 132 valence electrons. The molecule has 2 fully saturated rings. The Hall–Kier alpha value is -2.21. The first kappa shape index (κ1) is 16.3. The van der Waals surface area contributed by atoms with Crippen LogP contribution in [-0.4, -0.2) is 39.8 Å². The number of fused-ring (bicyclic) bond motifs is 1. The highest BCUT2D eigenvalue weighted by Gasteiger charge is 2.36. The Kier molecular flexibility index (Phi) is 4.53. The van der Waals surface area contributed by atoms with Crippen LogP contribution in [0.3, 0.4) is 0 Å². The lowest BCUT2D eigenvalue weighted by Gasteiger charge is -2.44. The first-order valence-electron chi connectivity index (χ1n) is 9.18. The number of pyridine rings is 1. The molecular weight excluding hydrogens is 316 g/mol. The molecule has 1 saturated carbocycles. The average molecular weight is 340 g/mol. The number of hydrogen-bond donors (Lipinski definition) is 0. The van der Waals surface area contributed by atoms with E-state index in [4.69, 9.17) is 9.72 Å². The molecule has 0 unspecified atom stereocenters. The van der Waals surface area contributed by atoms with Crippen LogP contribution in [0.4, 0.5) is 5.95 Å². The van der Waals surface area contributed by atoms with Crippen LogP contribution in [0.1, 0.15) is 32.6 Å². The molecule has 6 heteroatoms. The van der Waals surface area contributed by atoms with Crippen molar-refractivity contribution in [1.82, 2.24) is 14.5 Å². The van der Waals surface area contributed by atoms with E-state index in [1.807, 2.05) is 19.1 Å². The molecule has 0 aromatic carbocycles. The van der Waals surface area contributed by atoms with Crippen molar-refractivity contribution in [2.24, 2.45) is 0 Å². The fraction of sp³-hybridized carbons (Fsp3) is 0.526. The predicted octanol–water partition coefficient (Wildman–Crippen LogP) is 2.47. The molecule has 0 spiro atoms. The summed E-state index contributed by atoms with van der Waals surface area (Å²) >= 11 is 0. The molecule has 6 nitrogen and oxygen atoms in total. The van der Waals surface area contributed by atoms with Crippen molar-refractivity contribution >= 4 is 5.95 Å². The number of ether oxygens (including phenoxy) is 1. The van der Waals surface area contributed by atoms with E-state index < -0.39 is 0 Å². The number of aromatic nitrogens is 3. The van der Waals surface area contributed by atoms with Crippen molar-refractivity contribution in [1.29, 1.82) is 0 Å². The molecule has 0 radical (unpaired) electrons. The Balaban J connectivity index is 1.79. The van der Waals surface area contributed by atoms with Gasteiger partial charge in [-0.1, -0.05) is 12.8 Å². The number of hydrogen-bond acceptors (Lipinski definition) is 5. The smallest absolute Gasteiger partial charge is 0.255 e. The van der Waals surface area contributed by atoms with Crippen molar-refractivity contribution in [3.63, 3.8) is 0 Å². The second-order valence-electron chi connectivity index (χ2n) is 6.71. The lowest BCUT2D eigenvalue weighted by atomic mass is 9.90. The van der Waals surface area contributed by atoms with Gasteiger partial charge in [0.15, 0.2) is 0 Å². The average Bonchev–Trinajstić information content (AvgIpc) is 2.67. The van der Waals surface area contributed by atoms with Crippen LogP contribution >= 0.6 is 0 Å². The van der Waals surface area contributed by atoms with Crippen LogP contribution in [0.25, 0.3) is 11.3 Å². The fourth-order valence-electron chi connectivity index (χ4n) is 4.03. The molecular formula is C19H24N4O2. The summed E-state index contributed by atoms with van der Waals surface area (Å²) in [6, 6.07) is 5.73. The minimum atomic E-state index is -0.00170. The summed E-state index contributed by atoms with van der Waals surface area (Å²) in [6.45, 7) is 4.09. The summed E-state index contributed by atoms with van der Waals surface area (Å²) in [6.07, 6.45) is 8.35. The first-order chi connectivity index (χ1) is 12.3. The monoisotopic (exact) mass is 340 g/mol. The van der Waals surface area contributed by atoms with E-state index in [2.05, 4.69) is 9.88 Å². The maximum absolute atomic E-state index is 12.7. The summed E-state index contributed by atoms with van der Waals surface area (Å²) in [7, 11) is 0. The zero-order valence-electron chi connectivity index (χ0n) is 14.6. The highest BCUT2D eigenvalue weighted by molar-refractivity contribution is 5.59. The second-order valence-corrected chi connectivity index (χ2v) is 6.71. The van der Waals surface area contributed by atoms with Crippen LogP contribution in [0, 0.1) is 0 Å². The number of nitrogens with zero attached hydrogens (tertiary/aromatic N) is 4. The summed E-state index contributed by atoms with van der Waals surface area (Å²) in [5.41, 5.74) is 1.63. The van der Waals surface area contributed by atoms with Crippen LogP contribution in [-0.2, 0) is 11.3 Å². The van der Waals surface area contributed by atoms with E-state index in [0.717, 1.165) is 30.9 Å². The molecule has 3 heterocycles. The van der Waals surface area contributed by atoms with E-state index in [0.29, 0.717) is 24.9 Å². The largest absolute Gasteiger partial charge is 0.374 e. The maximum atomic E-state index is 12.7. The minimum Gasteiger partial charge on any atom is -0.374 e. The molecule has 2 aliphatic rings. The molecule has 2 aromatic heterocycles. The molecule has 0 bridgehead atoms. The van der Waals surface area contributed by atoms with Gasteiger partial charge in [-0.3, -0.25) is 14.3 Å². The molecule has 2 aromatic rings. The van der Waals surface area contributed by atoms with E-state index in [9.17, 15) is 4.79 Å². The van der Waals surface area contributed by atoms with Gasteiger partial charge in [0.05, 0.1) is 24.4 Å². The SMILES string of the molecule is CCn1c(N2CCO[C@H]3CCCC[C@@H]32)nc(-c2ccncc2)cc1=O. The summed E-state index contributed by atoms with van der Waals surface area (Å²) in [5.74, 6) is 0.780. The Bertz CT molecular complexity index is 788. The van der Waals surface area contributed by atoms with Crippen molar-refractivity contribution in [2.75, 3.05) is 18.1 Å². The number of anilines is 1. The zero-order chi connectivity index (χ0) is 17.2. The van der Waals surface area contributed by atoms with Gasteiger partial charge in [0, 0.05) is 37.1 Å². The summed E-state index contributed by atoms with van der Waals surface area (Å²) in [4.78, 5) is 24.0. The van der Waals surface area contributed by atoms with Gasteiger partial charge in [-0.15, -0.1) is 0 Å². The van der Waals surface area contributed by atoms with Gasteiger partial charge in [0.1, 0.15) is 0 Å². The Morgan fingerprint density at radius 1 is 1.24 bits per heavy atom. The van der Waals surface area contributed by atoms with Crippen LogP contribution in [0.5, 0.6) is 0 Å². The molecule has 1 aliphatic heterocycles. The molecule has 4 rings (SSSR count). The minimum absolute atomic E-state index is 0.00170. The van der Waals surface area contributed by atoms with Crippen molar-refractivity contribution < 1.29 is 4.74 Å². The van der Waals surface area contributed by atoms with E-state index in [1.165, 1.54) is 12.8 Å². The molecule has 1 aliphatic carbocycles. The lowest BCUT2D eigenvalue weighted by Crippen LogP contribution is -2.54. The van der Waals surface area contributed by atoms with E-state index in [-0.39, 0.29) is 11.7 Å². The fourth-order valence-corrected chi connectivity index (χ4v) is 4.03. The third kappa shape index (κ3) is 3.06.